The highest BCUT2D eigenvalue weighted by atomic mass is 79.9. The number of carbonyl (C=O) groups is 1. The van der Waals surface area contributed by atoms with Gasteiger partial charge in [0.05, 0.1) is 18.8 Å². The van der Waals surface area contributed by atoms with Crippen LogP contribution in [0.1, 0.15) is 51.6 Å². The topological polar surface area (TPSA) is 64.1 Å². The number of nitrogens with one attached hydrogen (secondary N) is 1. The van der Waals surface area contributed by atoms with Crippen molar-refractivity contribution in [3.63, 3.8) is 0 Å². The van der Waals surface area contributed by atoms with E-state index in [9.17, 15) is 4.79 Å². The summed E-state index contributed by atoms with van der Waals surface area (Å²) in [4.78, 5) is 22.2. The van der Waals surface area contributed by atoms with Crippen LogP contribution in [0.4, 0.5) is 0 Å². The normalized spacial score (nSPS) is 14.2. The van der Waals surface area contributed by atoms with Gasteiger partial charge in [-0.15, -0.1) is 0 Å². The lowest BCUT2D eigenvalue weighted by Gasteiger charge is -2.19. The summed E-state index contributed by atoms with van der Waals surface area (Å²) in [6.07, 6.45) is 5.81. The maximum absolute atomic E-state index is 13.3. The summed E-state index contributed by atoms with van der Waals surface area (Å²) in [6.45, 7) is 4.04. The molecule has 2 heterocycles. The van der Waals surface area contributed by atoms with E-state index in [0.29, 0.717) is 22.7 Å². The Labute approximate surface area is 191 Å². The molecular formula is C25H26BrN3O2. The number of rotatable bonds is 7. The van der Waals surface area contributed by atoms with Crippen molar-refractivity contribution < 1.29 is 9.53 Å². The fourth-order valence-corrected chi connectivity index (χ4v) is 4.12. The van der Waals surface area contributed by atoms with Crippen LogP contribution < -0.4 is 10.1 Å². The number of methoxy groups -OCH3 is 1. The molecule has 1 fully saturated rings. The van der Waals surface area contributed by atoms with E-state index in [4.69, 9.17) is 4.74 Å². The van der Waals surface area contributed by atoms with Crippen LogP contribution in [0.25, 0.3) is 11.1 Å². The predicted molar refractivity (Wildman–Crippen MR) is 125 cm³/mol. The minimum absolute atomic E-state index is 0.0707. The molecular weight excluding hydrogens is 454 g/mol. The molecule has 31 heavy (non-hydrogen) atoms. The zero-order chi connectivity index (χ0) is 22.0. The first-order valence-electron chi connectivity index (χ1n) is 10.4. The van der Waals surface area contributed by atoms with Crippen LogP contribution in [0, 0.1) is 19.8 Å². The first kappa shape index (κ1) is 21.5. The smallest absolute Gasteiger partial charge is 0.251 e. The summed E-state index contributed by atoms with van der Waals surface area (Å²) in [5, 5.41) is 3.89. The molecule has 6 heteroatoms. The van der Waals surface area contributed by atoms with Gasteiger partial charge in [-0.2, -0.15) is 0 Å². The van der Waals surface area contributed by atoms with Gasteiger partial charge in [0, 0.05) is 28.9 Å². The van der Waals surface area contributed by atoms with Gasteiger partial charge in [-0.05, 0) is 85.2 Å². The SMILES string of the molecule is COc1ncc(C)cc1-c1cc(CBr)cc(C(=O)NC(c2cc(C)ccn2)C2CC2)c1. The monoisotopic (exact) mass is 479 g/mol. The molecule has 0 radical (unpaired) electrons. The van der Waals surface area contributed by atoms with E-state index in [1.54, 1.807) is 13.3 Å². The molecule has 0 saturated heterocycles. The number of alkyl halides is 1. The molecule has 0 bridgehead atoms. The van der Waals surface area contributed by atoms with Crippen molar-refractivity contribution in [1.82, 2.24) is 15.3 Å². The molecule has 4 rings (SSSR count). The summed E-state index contributed by atoms with van der Waals surface area (Å²) in [5.41, 5.74) is 6.53. The van der Waals surface area contributed by atoms with Crippen molar-refractivity contribution in [2.24, 2.45) is 5.92 Å². The lowest BCUT2D eigenvalue weighted by Crippen LogP contribution is -2.30. The number of aryl methyl sites for hydroxylation is 2. The molecule has 0 aliphatic heterocycles. The third-order valence-corrected chi connectivity index (χ3v) is 6.18. The van der Waals surface area contributed by atoms with Crippen molar-refractivity contribution in [3.05, 3.63) is 76.7 Å². The highest BCUT2D eigenvalue weighted by Gasteiger charge is 2.34. The Bertz CT molecular complexity index is 1110. The van der Waals surface area contributed by atoms with E-state index in [1.807, 2.05) is 44.3 Å². The van der Waals surface area contributed by atoms with Crippen molar-refractivity contribution in [3.8, 4) is 17.0 Å². The number of pyridine rings is 2. The third-order valence-electron chi connectivity index (χ3n) is 5.54. The molecule has 1 unspecified atom stereocenters. The predicted octanol–water partition coefficient (Wildman–Crippen LogP) is 5.55. The van der Waals surface area contributed by atoms with E-state index in [-0.39, 0.29) is 11.9 Å². The van der Waals surface area contributed by atoms with Gasteiger partial charge in [0.15, 0.2) is 0 Å². The number of halogens is 1. The minimum atomic E-state index is -0.0937. The van der Waals surface area contributed by atoms with E-state index >= 15 is 0 Å². The average Bonchev–Trinajstić information content (AvgIpc) is 3.62. The zero-order valence-corrected chi connectivity index (χ0v) is 19.6. The van der Waals surface area contributed by atoms with Crippen LogP contribution in [-0.2, 0) is 5.33 Å². The third kappa shape index (κ3) is 4.96. The Morgan fingerprint density at radius 3 is 2.65 bits per heavy atom. The number of hydrogen-bond acceptors (Lipinski definition) is 4. The number of carbonyl (C=O) groups excluding carboxylic acids is 1. The largest absolute Gasteiger partial charge is 0.481 e. The van der Waals surface area contributed by atoms with Crippen LogP contribution in [0.3, 0.4) is 0 Å². The molecule has 1 atom stereocenters. The fourth-order valence-electron chi connectivity index (χ4n) is 3.80. The first-order chi connectivity index (χ1) is 15.0. The molecule has 160 valence electrons. The lowest BCUT2D eigenvalue weighted by atomic mass is 9.99. The molecule has 1 aliphatic rings. The maximum Gasteiger partial charge on any atom is 0.251 e. The van der Waals surface area contributed by atoms with Gasteiger partial charge >= 0.3 is 0 Å². The summed E-state index contributed by atoms with van der Waals surface area (Å²) >= 11 is 3.54. The molecule has 5 nitrogen and oxygen atoms in total. The summed E-state index contributed by atoms with van der Waals surface area (Å²) in [5.74, 6) is 0.894. The van der Waals surface area contributed by atoms with E-state index in [0.717, 1.165) is 46.4 Å². The second kappa shape index (κ2) is 9.18. The zero-order valence-electron chi connectivity index (χ0n) is 18.0. The van der Waals surface area contributed by atoms with Gasteiger partial charge in [0.1, 0.15) is 0 Å². The number of aromatic nitrogens is 2. The minimum Gasteiger partial charge on any atom is -0.481 e. The van der Waals surface area contributed by atoms with Crippen LogP contribution in [0.5, 0.6) is 5.88 Å². The Hall–Kier alpha value is -2.73. The van der Waals surface area contributed by atoms with Crippen molar-refractivity contribution >= 4 is 21.8 Å². The van der Waals surface area contributed by atoms with Gasteiger partial charge in [-0.3, -0.25) is 9.78 Å². The number of hydrogen-bond donors (Lipinski definition) is 1. The first-order valence-corrected chi connectivity index (χ1v) is 11.5. The van der Waals surface area contributed by atoms with Crippen molar-refractivity contribution in [2.45, 2.75) is 38.1 Å². The number of nitrogens with zero attached hydrogens (tertiary/aromatic N) is 2. The number of amides is 1. The standard InChI is InChI=1S/C25H26BrN3O2/c1-15-6-7-27-22(9-15)23(18-4-5-18)29-24(30)20-11-17(13-26)10-19(12-20)21-8-16(2)14-28-25(21)31-3/h6-12,14,18,23H,4-5,13H2,1-3H3,(H,29,30). The van der Waals surface area contributed by atoms with Gasteiger partial charge in [-0.1, -0.05) is 22.0 Å². The number of ether oxygens (including phenoxy) is 1. The molecule has 1 saturated carbocycles. The van der Waals surface area contributed by atoms with Crippen LogP contribution in [-0.4, -0.2) is 23.0 Å². The van der Waals surface area contributed by atoms with Crippen LogP contribution in [0.2, 0.25) is 0 Å². The highest BCUT2D eigenvalue weighted by molar-refractivity contribution is 9.08. The Morgan fingerprint density at radius 1 is 1.16 bits per heavy atom. The molecule has 1 amide bonds. The summed E-state index contributed by atoms with van der Waals surface area (Å²) < 4.78 is 5.47. The fraction of sp³-hybridized carbons (Fsp3) is 0.320. The molecule has 1 aromatic carbocycles. The molecule has 2 aromatic heterocycles. The van der Waals surface area contributed by atoms with Gasteiger partial charge in [0.2, 0.25) is 5.88 Å². The second-order valence-corrected chi connectivity index (χ2v) is 8.73. The number of benzene rings is 1. The maximum atomic E-state index is 13.3. The summed E-state index contributed by atoms with van der Waals surface area (Å²) in [7, 11) is 1.61. The highest BCUT2D eigenvalue weighted by Crippen LogP contribution is 2.41. The molecule has 3 aromatic rings. The Balaban J connectivity index is 1.68. The quantitative estimate of drug-likeness (QED) is 0.451. The van der Waals surface area contributed by atoms with Gasteiger partial charge in [-0.25, -0.2) is 4.98 Å². The van der Waals surface area contributed by atoms with E-state index < -0.39 is 0 Å². The lowest BCUT2D eigenvalue weighted by molar-refractivity contribution is 0.0930. The molecule has 0 spiro atoms. The van der Waals surface area contributed by atoms with Crippen molar-refractivity contribution in [1.29, 1.82) is 0 Å². The molecule has 1 aliphatic carbocycles. The van der Waals surface area contributed by atoms with E-state index in [1.165, 1.54) is 0 Å². The van der Waals surface area contributed by atoms with Gasteiger partial charge < -0.3 is 10.1 Å². The Kier molecular flexibility index (Phi) is 6.37. The Morgan fingerprint density at radius 2 is 1.97 bits per heavy atom. The van der Waals surface area contributed by atoms with E-state index in [2.05, 4.69) is 43.3 Å². The van der Waals surface area contributed by atoms with Crippen molar-refractivity contribution in [2.75, 3.05) is 7.11 Å². The average molecular weight is 480 g/mol. The summed E-state index contributed by atoms with van der Waals surface area (Å²) in [6, 6.07) is 11.9. The molecule has 1 N–H and O–H groups in total. The van der Waals surface area contributed by atoms with Gasteiger partial charge in [0.25, 0.3) is 5.91 Å². The second-order valence-electron chi connectivity index (χ2n) is 8.17. The van der Waals surface area contributed by atoms with Crippen LogP contribution >= 0.6 is 15.9 Å². The van der Waals surface area contributed by atoms with Crippen LogP contribution in [0.15, 0.2) is 48.8 Å².